The minimum Gasteiger partial charge on any atom is -0.481 e. The third-order valence-corrected chi connectivity index (χ3v) is 3.37. The van der Waals surface area contributed by atoms with Crippen molar-refractivity contribution in [3.63, 3.8) is 0 Å². The molecule has 0 aromatic heterocycles. The Morgan fingerprint density at radius 1 is 1.22 bits per heavy atom. The summed E-state index contributed by atoms with van der Waals surface area (Å²) < 4.78 is 16.2. The molecule has 1 aromatic carbocycles. The number of ether oxygens (including phenoxy) is 3. The summed E-state index contributed by atoms with van der Waals surface area (Å²) in [6.07, 6.45) is 0. The number of hydrogen-bond donors (Lipinski definition) is 1. The van der Waals surface area contributed by atoms with Gasteiger partial charge in [0.1, 0.15) is 11.5 Å². The van der Waals surface area contributed by atoms with Crippen molar-refractivity contribution in [2.24, 2.45) is 0 Å². The van der Waals surface area contributed by atoms with Crippen LogP contribution in [0, 0.1) is 7.14 Å². The summed E-state index contributed by atoms with van der Waals surface area (Å²) in [6, 6.07) is 3.33. The van der Waals surface area contributed by atoms with Gasteiger partial charge in [-0.1, -0.05) is 0 Å². The molecule has 0 radical (unpaired) electrons. The van der Waals surface area contributed by atoms with Crippen LogP contribution in [0.5, 0.6) is 11.5 Å². The van der Waals surface area contributed by atoms with Gasteiger partial charge < -0.3 is 19.3 Å². The second-order valence-electron chi connectivity index (χ2n) is 2.92. The fourth-order valence-electron chi connectivity index (χ4n) is 0.996. The Labute approximate surface area is 130 Å². The van der Waals surface area contributed by atoms with Gasteiger partial charge in [0.2, 0.25) is 6.79 Å². The van der Waals surface area contributed by atoms with Crippen molar-refractivity contribution in [3.8, 4) is 11.5 Å². The lowest BCUT2D eigenvalue weighted by atomic mass is 10.3. The topological polar surface area (TPSA) is 82.1 Å². The van der Waals surface area contributed by atoms with Gasteiger partial charge in [-0.25, -0.2) is 4.79 Å². The average Bonchev–Trinajstić information content (AvgIpc) is 2.31. The molecule has 0 spiro atoms. The lowest BCUT2D eigenvalue weighted by molar-refractivity contribution is -0.139. The molecule has 0 saturated carbocycles. The number of aliphatic carboxylic acids is 1. The zero-order chi connectivity index (χ0) is 13.5. The van der Waals surface area contributed by atoms with Crippen molar-refractivity contribution in [2.75, 3.05) is 13.4 Å². The second kappa shape index (κ2) is 7.61. The van der Waals surface area contributed by atoms with E-state index >= 15 is 0 Å². The lowest BCUT2D eigenvalue weighted by Gasteiger charge is -2.11. The van der Waals surface area contributed by atoms with E-state index in [1.165, 1.54) is 0 Å². The predicted octanol–water partition coefficient (Wildman–Crippen LogP) is 1.87. The van der Waals surface area contributed by atoms with Crippen LogP contribution >= 0.6 is 45.2 Å². The molecule has 1 aromatic rings. The summed E-state index contributed by atoms with van der Waals surface area (Å²) >= 11 is 4.01. The van der Waals surface area contributed by atoms with E-state index < -0.39 is 12.6 Å². The maximum absolute atomic E-state index is 10.4. The number of carboxylic acid groups (broad SMARTS) is 1. The minimum atomic E-state index is -1.04. The molecule has 1 N–H and O–H groups in total. The van der Waals surface area contributed by atoms with Crippen LogP contribution in [0.15, 0.2) is 12.1 Å². The first kappa shape index (κ1) is 15.3. The maximum Gasteiger partial charge on any atom is 0.341 e. The highest BCUT2D eigenvalue weighted by molar-refractivity contribution is 14.1. The first-order valence-electron chi connectivity index (χ1n) is 4.56. The number of benzene rings is 1. The fraction of sp³-hybridized carbons (Fsp3) is 0.200. The number of halogens is 2. The highest BCUT2D eigenvalue weighted by Crippen LogP contribution is 2.31. The van der Waals surface area contributed by atoms with Crippen molar-refractivity contribution < 1.29 is 28.9 Å². The number of carboxylic acids is 1. The first-order chi connectivity index (χ1) is 8.54. The quantitative estimate of drug-likeness (QED) is 0.279. The molecular weight excluding hydrogens is 470 g/mol. The molecule has 0 unspecified atom stereocenters. The van der Waals surface area contributed by atoms with E-state index in [1.54, 1.807) is 12.1 Å². The second-order valence-corrected chi connectivity index (χ2v) is 5.24. The normalized spacial score (nSPS) is 9.67. The minimum absolute atomic E-state index is 0.176. The Morgan fingerprint density at radius 3 is 2.28 bits per heavy atom. The molecule has 0 amide bonds. The van der Waals surface area contributed by atoms with Crippen molar-refractivity contribution in [3.05, 3.63) is 19.3 Å². The van der Waals surface area contributed by atoms with E-state index in [0.29, 0.717) is 21.5 Å². The van der Waals surface area contributed by atoms with Crippen LogP contribution < -0.4 is 9.47 Å². The highest BCUT2D eigenvalue weighted by atomic mass is 127. The molecule has 0 heterocycles. The van der Waals surface area contributed by atoms with E-state index in [1.807, 2.05) is 45.2 Å². The number of carbonyl (C=O) groups excluding carboxylic acids is 1. The molecule has 0 aliphatic carbocycles. The summed E-state index contributed by atoms with van der Waals surface area (Å²) in [5.41, 5.74) is 0. The Bertz CT molecular complexity index is 448. The SMILES string of the molecule is O=COCOc1cc(I)c(OCC(=O)O)cc1I. The number of carbonyl (C=O) groups is 2. The van der Waals surface area contributed by atoms with Crippen molar-refractivity contribution in [2.45, 2.75) is 0 Å². The molecule has 0 fully saturated rings. The molecule has 0 atom stereocenters. The molecule has 0 bridgehead atoms. The average molecular weight is 478 g/mol. The Kier molecular flexibility index (Phi) is 6.46. The molecule has 98 valence electrons. The van der Waals surface area contributed by atoms with E-state index in [0.717, 1.165) is 3.57 Å². The molecule has 18 heavy (non-hydrogen) atoms. The van der Waals surface area contributed by atoms with Crippen LogP contribution in [0.4, 0.5) is 0 Å². The van der Waals surface area contributed by atoms with Crippen molar-refractivity contribution in [1.82, 2.24) is 0 Å². The highest BCUT2D eigenvalue weighted by Gasteiger charge is 2.10. The van der Waals surface area contributed by atoms with E-state index in [4.69, 9.17) is 14.6 Å². The summed E-state index contributed by atoms with van der Waals surface area (Å²) in [4.78, 5) is 20.4. The molecule has 0 aliphatic heterocycles. The summed E-state index contributed by atoms with van der Waals surface area (Å²) in [6.45, 7) is -0.284. The van der Waals surface area contributed by atoms with Gasteiger partial charge in [-0.2, -0.15) is 0 Å². The van der Waals surface area contributed by atoms with Gasteiger partial charge in [-0.05, 0) is 57.3 Å². The van der Waals surface area contributed by atoms with Crippen LogP contribution in [0.3, 0.4) is 0 Å². The molecule has 8 heteroatoms. The van der Waals surface area contributed by atoms with Gasteiger partial charge in [0.05, 0.1) is 7.14 Å². The Morgan fingerprint density at radius 2 is 1.78 bits per heavy atom. The molecule has 0 saturated heterocycles. The van der Waals surface area contributed by atoms with Crippen molar-refractivity contribution in [1.29, 1.82) is 0 Å². The molecule has 6 nitrogen and oxygen atoms in total. The van der Waals surface area contributed by atoms with Crippen LogP contribution in [0.25, 0.3) is 0 Å². The number of rotatable bonds is 7. The van der Waals surface area contributed by atoms with Crippen LogP contribution in [0.2, 0.25) is 0 Å². The number of hydrogen-bond acceptors (Lipinski definition) is 5. The van der Waals surface area contributed by atoms with E-state index in [9.17, 15) is 9.59 Å². The van der Waals surface area contributed by atoms with Gasteiger partial charge in [-0.15, -0.1) is 0 Å². The van der Waals surface area contributed by atoms with Crippen molar-refractivity contribution >= 4 is 57.6 Å². The van der Waals surface area contributed by atoms with Crippen LogP contribution in [-0.4, -0.2) is 30.9 Å². The summed E-state index contributed by atoms with van der Waals surface area (Å²) in [7, 11) is 0. The molecular formula is C10H8I2O6. The predicted molar refractivity (Wildman–Crippen MR) is 77.7 cm³/mol. The van der Waals surface area contributed by atoms with Gasteiger partial charge in [0, 0.05) is 0 Å². The zero-order valence-corrected chi connectivity index (χ0v) is 13.2. The largest absolute Gasteiger partial charge is 0.481 e. The van der Waals surface area contributed by atoms with E-state index in [2.05, 4.69) is 4.74 Å². The zero-order valence-electron chi connectivity index (χ0n) is 8.89. The summed E-state index contributed by atoms with van der Waals surface area (Å²) in [5.74, 6) is -0.0453. The first-order valence-corrected chi connectivity index (χ1v) is 6.72. The third kappa shape index (κ3) is 4.84. The standard InChI is InChI=1S/C10H8I2O6/c11-6-2-9(18-5-16-4-13)7(12)1-8(6)17-3-10(14)15/h1-2,4H,3,5H2,(H,14,15). The smallest absolute Gasteiger partial charge is 0.341 e. The molecule has 1 rings (SSSR count). The van der Waals surface area contributed by atoms with Crippen LogP contribution in [0.1, 0.15) is 0 Å². The maximum atomic E-state index is 10.4. The molecule has 0 aliphatic rings. The third-order valence-electron chi connectivity index (χ3n) is 1.69. The monoisotopic (exact) mass is 478 g/mol. The van der Waals surface area contributed by atoms with Gasteiger partial charge in [-0.3, -0.25) is 4.79 Å². The fourth-order valence-corrected chi connectivity index (χ4v) is 2.18. The van der Waals surface area contributed by atoms with Gasteiger partial charge >= 0.3 is 5.97 Å². The van der Waals surface area contributed by atoms with Gasteiger partial charge in [0.15, 0.2) is 6.61 Å². The Balaban J connectivity index is 2.76. The lowest BCUT2D eigenvalue weighted by Crippen LogP contribution is -2.10. The Hall–Kier alpha value is -0.780. The van der Waals surface area contributed by atoms with Gasteiger partial charge in [0.25, 0.3) is 6.47 Å². The van der Waals surface area contributed by atoms with Crippen LogP contribution in [-0.2, 0) is 14.3 Å². The summed E-state index contributed by atoms with van der Waals surface area (Å²) in [5, 5.41) is 8.53. The van der Waals surface area contributed by atoms with E-state index in [-0.39, 0.29) is 6.79 Å².